The first kappa shape index (κ1) is 21.9. The summed E-state index contributed by atoms with van der Waals surface area (Å²) in [5, 5.41) is 3.98. The van der Waals surface area contributed by atoms with Crippen LogP contribution in [0.2, 0.25) is 0 Å². The van der Waals surface area contributed by atoms with E-state index in [1.807, 2.05) is 13.8 Å². The van der Waals surface area contributed by atoms with E-state index in [1.54, 1.807) is 17.0 Å². The topological polar surface area (TPSA) is 87.0 Å². The Morgan fingerprint density at radius 3 is 2.34 bits per heavy atom. The van der Waals surface area contributed by atoms with Crippen molar-refractivity contribution in [3.8, 4) is 0 Å². The molecule has 2 aromatic rings. The second-order valence-electron chi connectivity index (χ2n) is 7.17. The number of rotatable bonds is 6. The predicted octanol–water partition coefficient (Wildman–Crippen LogP) is 2.02. The number of carbonyl (C=O) groups excluding carboxylic acids is 1. The van der Waals surface area contributed by atoms with Crippen molar-refractivity contribution in [1.29, 1.82) is 0 Å². The number of halogens is 1. The third-order valence-electron chi connectivity index (χ3n) is 5.17. The van der Waals surface area contributed by atoms with Crippen LogP contribution in [0.5, 0.6) is 0 Å². The molecule has 10 heteroatoms. The summed E-state index contributed by atoms with van der Waals surface area (Å²) < 4.78 is 32.5. The van der Waals surface area contributed by atoms with Gasteiger partial charge in [0, 0.05) is 49.8 Å². The van der Waals surface area contributed by atoms with E-state index in [2.05, 4.69) is 26.0 Å². The molecule has 2 heterocycles. The number of amides is 1. The van der Waals surface area contributed by atoms with Crippen LogP contribution >= 0.6 is 15.9 Å². The third-order valence-corrected chi connectivity index (χ3v) is 7.51. The Labute approximate surface area is 179 Å². The summed E-state index contributed by atoms with van der Waals surface area (Å²) in [7, 11) is -2.27. The summed E-state index contributed by atoms with van der Waals surface area (Å²) >= 11 is 3.29. The summed E-state index contributed by atoms with van der Waals surface area (Å²) in [6.07, 6.45) is 0. The lowest BCUT2D eigenvalue weighted by molar-refractivity contribution is -0.133. The van der Waals surface area contributed by atoms with Crippen LogP contribution in [0.3, 0.4) is 0 Å². The van der Waals surface area contributed by atoms with E-state index in [0.717, 1.165) is 45.4 Å². The number of carbonyl (C=O) groups is 1. The normalized spacial score (nSPS) is 15.8. The SMILES string of the molecule is Cc1noc(C)c1CN1CCN(C(=O)CN(C)S(=O)(=O)c2ccc(Br)cc2)CC1. The average molecular weight is 485 g/mol. The van der Waals surface area contributed by atoms with Gasteiger partial charge >= 0.3 is 0 Å². The largest absolute Gasteiger partial charge is 0.361 e. The Kier molecular flexibility index (Phi) is 6.77. The fraction of sp³-hybridized carbons (Fsp3) is 0.474. The minimum atomic E-state index is -3.71. The van der Waals surface area contributed by atoms with Crippen LogP contribution in [0.25, 0.3) is 0 Å². The van der Waals surface area contributed by atoms with Gasteiger partial charge in [-0.15, -0.1) is 0 Å². The molecule has 1 amide bonds. The molecule has 158 valence electrons. The first-order valence-electron chi connectivity index (χ1n) is 9.32. The van der Waals surface area contributed by atoms with Gasteiger partial charge in [0.15, 0.2) is 0 Å². The molecule has 0 spiro atoms. The molecular weight excluding hydrogens is 460 g/mol. The minimum absolute atomic E-state index is 0.167. The molecule has 0 N–H and O–H groups in total. The van der Waals surface area contributed by atoms with E-state index < -0.39 is 10.0 Å². The van der Waals surface area contributed by atoms with Crippen molar-refractivity contribution in [3.05, 3.63) is 45.8 Å². The Balaban J connectivity index is 1.54. The zero-order valence-electron chi connectivity index (χ0n) is 16.8. The average Bonchev–Trinajstić information content (AvgIpc) is 3.00. The number of hydrogen-bond acceptors (Lipinski definition) is 6. The van der Waals surface area contributed by atoms with Crippen LogP contribution in [-0.2, 0) is 21.4 Å². The highest BCUT2D eigenvalue weighted by atomic mass is 79.9. The van der Waals surface area contributed by atoms with Crippen molar-refractivity contribution < 1.29 is 17.7 Å². The maximum atomic E-state index is 12.7. The van der Waals surface area contributed by atoms with Gasteiger partial charge in [-0.25, -0.2) is 8.42 Å². The first-order valence-corrected chi connectivity index (χ1v) is 11.6. The lowest BCUT2D eigenvalue weighted by atomic mass is 10.2. The van der Waals surface area contributed by atoms with Crippen LogP contribution in [0.1, 0.15) is 17.0 Å². The second kappa shape index (κ2) is 8.95. The zero-order chi connectivity index (χ0) is 21.2. The van der Waals surface area contributed by atoms with E-state index in [0.29, 0.717) is 13.1 Å². The standard InChI is InChI=1S/C19H25BrN4O4S/c1-14-18(15(2)28-21-14)12-23-8-10-24(11-9-23)19(25)13-22(3)29(26,27)17-6-4-16(20)5-7-17/h4-7H,8-13H2,1-3H3. The lowest BCUT2D eigenvalue weighted by Gasteiger charge is -2.35. The maximum absolute atomic E-state index is 12.7. The van der Waals surface area contributed by atoms with Crippen molar-refractivity contribution in [1.82, 2.24) is 19.3 Å². The number of aryl methyl sites for hydroxylation is 2. The Hall–Kier alpha value is -1.75. The van der Waals surface area contributed by atoms with Crippen LogP contribution in [0, 0.1) is 13.8 Å². The molecule has 3 rings (SSSR count). The molecule has 0 radical (unpaired) electrons. The van der Waals surface area contributed by atoms with Crippen molar-refractivity contribution in [2.45, 2.75) is 25.3 Å². The molecule has 0 bridgehead atoms. The van der Waals surface area contributed by atoms with E-state index in [9.17, 15) is 13.2 Å². The zero-order valence-corrected chi connectivity index (χ0v) is 19.2. The molecule has 1 aromatic carbocycles. The predicted molar refractivity (Wildman–Crippen MR) is 112 cm³/mol. The van der Waals surface area contributed by atoms with E-state index in [-0.39, 0.29) is 17.3 Å². The van der Waals surface area contributed by atoms with Crippen LogP contribution < -0.4 is 0 Å². The summed E-state index contributed by atoms with van der Waals surface area (Å²) in [4.78, 5) is 16.8. The summed E-state index contributed by atoms with van der Waals surface area (Å²) in [5.41, 5.74) is 1.98. The summed E-state index contributed by atoms with van der Waals surface area (Å²) in [6.45, 7) is 6.95. The molecule has 29 heavy (non-hydrogen) atoms. The molecular formula is C19H25BrN4O4S. The molecule has 8 nitrogen and oxygen atoms in total. The van der Waals surface area contributed by atoms with Gasteiger partial charge in [-0.3, -0.25) is 9.69 Å². The molecule has 0 atom stereocenters. The molecule has 1 saturated heterocycles. The summed E-state index contributed by atoms with van der Waals surface area (Å²) in [5.74, 6) is 0.631. The quantitative estimate of drug-likeness (QED) is 0.623. The highest BCUT2D eigenvalue weighted by molar-refractivity contribution is 9.10. The number of sulfonamides is 1. The van der Waals surface area contributed by atoms with E-state index in [4.69, 9.17) is 4.52 Å². The Bertz CT molecular complexity index is 947. The fourth-order valence-corrected chi connectivity index (χ4v) is 4.65. The van der Waals surface area contributed by atoms with Crippen molar-refractivity contribution >= 4 is 31.9 Å². The minimum Gasteiger partial charge on any atom is -0.361 e. The van der Waals surface area contributed by atoms with Crippen molar-refractivity contribution in [2.24, 2.45) is 0 Å². The third kappa shape index (κ3) is 5.06. The van der Waals surface area contributed by atoms with E-state index in [1.165, 1.54) is 19.2 Å². The van der Waals surface area contributed by atoms with Gasteiger partial charge in [-0.05, 0) is 38.1 Å². The maximum Gasteiger partial charge on any atom is 0.243 e. The molecule has 1 aliphatic heterocycles. The second-order valence-corrected chi connectivity index (χ2v) is 10.1. The van der Waals surface area contributed by atoms with Gasteiger partial charge in [0.05, 0.1) is 17.1 Å². The number of benzene rings is 1. The van der Waals surface area contributed by atoms with Crippen LogP contribution in [0.15, 0.2) is 38.2 Å². The highest BCUT2D eigenvalue weighted by Gasteiger charge is 2.27. The fourth-order valence-electron chi connectivity index (χ4n) is 3.27. The number of likely N-dealkylation sites (N-methyl/N-ethyl adjacent to an activating group) is 1. The lowest BCUT2D eigenvalue weighted by Crippen LogP contribution is -2.51. The number of piperazine rings is 1. The number of hydrogen-bond donors (Lipinski definition) is 0. The number of nitrogens with zero attached hydrogens (tertiary/aromatic N) is 4. The van der Waals surface area contributed by atoms with Gasteiger partial charge in [-0.2, -0.15) is 4.31 Å². The molecule has 0 aliphatic carbocycles. The van der Waals surface area contributed by atoms with Gasteiger partial charge in [-0.1, -0.05) is 21.1 Å². The number of aromatic nitrogens is 1. The molecule has 1 aromatic heterocycles. The molecule has 1 fully saturated rings. The Morgan fingerprint density at radius 2 is 1.79 bits per heavy atom. The van der Waals surface area contributed by atoms with Gasteiger partial charge in [0.25, 0.3) is 0 Å². The molecule has 0 saturated carbocycles. The highest BCUT2D eigenvalue weighted by Crippen LogP contribution is 2.19. The van der Waals surface area contributed by atoms with E-state index >= 15 is 0 Å². The van der Waals surface area contributed by atoms with Gasteiger partial charge in [0.2, 0.25) is 15.9 Å². The van der Waals surface area contributed by atoms with Crippen LogP contribution in [-0.4, -0.2) is 73.4 Å². The van der Waals surface area contributed by atoms with Gasteiger partial charge < -0.3 is 9.42 Å². The Morgan fingerprint density at radius 1 is 1.17 bits per heavy atom. The molecule has 0 unspecified atom stereocenters. The monoisotopic (exact) mass is 484 g/mol. The van der Waals surface area contributed by atoms with Crippen LogP contribution in [0.4, 0.5) is 0 Å². The van der Waals surface area contributed by atoms with Crippen molar-refractivity contribution in [2.75, 3.05) is 39.8 Å². The van der Waals surface area contributed by atoms with Crippen molar-refractivity contribution in [3.63, 3.8) is 0 Å². The first-order chi connectivity index (χ1) is 13.7. The molecule has 1 aliphatic rings. The smallest absolute Gasteiger partial charge is 0.243 e. The van der Waals surface area contributed by atoms with Gasteiger partial charge in [0.1, 0.15) is 5.76 Å². The summed E-state index contributed by atoms with van der Waals surface area (Å²) in [6, 6.07) is 6.38.